The van der Waals surface area contributed by atoms with Gasteiger partial charge in [-0.3, -0.25) is 14.6 Å². The maximum atomic E-state index is 11.1. The van der Waals surface area contributed by atoms with Crippen LogP contribution in [0, 0.1) is 6.92 Å². The lowest BCUT2D eigenvalue weighted by atomic mass is 10.2. The van der Waals surface area contributed by atoms with Gasteiger partial charge in [0.15, 0.2) is 0 Å². The average molecular weight is 194 g/mol. The summed E-state index contributed by atoms with van der Waals surface area (Å²) < 4.78 is 0. The maximum absolute atomic E-state index is 11.1. The second kappa shape index (κ2) is 4.36. The van der Waals surface area contributed by atoms with Crippen LogP contribution in [-0.4, -0.2) is 22.0 Å². The summed E-state index contributed by atoms with van der Waals surface area (Å²) in [5, 5.41) is 10.8. The minimum Gasteiger partial charge on any atom is -0.481 e. The van der Waals surface area contributed by atoms with Crippen molar-refractivity contribution in [2.75, 3.05) is 5.32 Å². The Labute approximate surface area is 80.8 Å². The van der Waals surface area contributed by atoms with E-state index in [1.165, 1.54) is 6.20 Å². The number of hydrogen-bond acceptors (Lipinski definition) is 3. The van der Waals surface area contributed by atoms with Gasteiger partial charge in [0.25, 0.3) is 0 Å². The Hall–Kier alpha value is -1.91. The van der Waals surface area contributed by atoms with Crippen molar-refractivity contribution in [3.63, 3.8) is 0 Å². The zero-order chi connectivity index (χ0) is 10.6. The molecule has 2 N–H and O–H groups in total. The molecule has 1 heterocycles. The number of aliphatic carboxylic acids is 1. The lowest BCUT2D eigenvalue weighted by Gasteiger charge is -2.05. The fraction of sp³-hybridized carbons (Fsp3) is 0.222. The fourth-order valence-corrected chi connectivity index (χ4v) is 0.945. The molecule has 0 aliphatic carbocycles. The van der Waals surface area contributed by atoms with Crippen LogP contribution in [0.1, 0.15) is 12.0 Å². The third-order valence-corrected chi connectivity index (χ3v) is 1.61. The van der Waals surface area contributed by atoms with E-state index in [0.29, 0.717) is 5.69 Å². The second-order valence-electron chi connectivity index (χ2n) is 2.81. The largest absolute Gasteiger partial charge is 0.481 e. The molecule has 74 valence electrons. The molecule has 0 saturated carbocycles. The molecule has 0 fully saturated rings. The molecule has 1 aromatic rings. The molecule has 14 heavy (non-hydrogen) atoms. The van der Waals surface area contributed by atoms with Crippen molar-refractivity contribution < 1.29 is 14.7 Å². The molecule has 1 amide bonds. The molecule has 5 heteroatoms. The standard InChI is InChI=1S/C9H10N2O3/c1-6-5-10-3-2-7(6)11-8(12)4-9(13)14/h2-3,5H,4H2,1H3,(H,13,14)(H,10,11,12). The number of rotatable bonds is 3. The number of carbonyl (C=O) groups is 2. The number of nitrogens with one attached hydrogen (secondary N) is 1. The Kier molecular flexibility index (Phi) is 3.17. The molecule has 0 aliphatic heterocycles. The van der Waals surface area contributed by atoms with Crippen LogP contribution in [0.25, 0.3) is 0 Å². The lowest BCUT2D eigenvalue weighted by Crippen LogP contribution is -2.16. The summed E-state index contributed by atoms with van der Waals surface area (Å²) in [6.07, 6.45) is 2.60. The highest BCUT2D eigenvalue weighted by molar-refractivity contribution is 6.01. The quantitative estimate of drug-likeness (QED) is 0.697. The molecule has 0 unspecified atom stereocenters. The summed E-state index contributed by atoms with van der Waals surface area (Å²) in [7, 11) is 0. The van der Waals surface area contributed by atoms with Crippen LogP contribution >= 0.6 is 0 Å². The number of carboxylic acids is 1. The van der Waals surface area contributed by atoms with Gasteiger partial charge in [-0.25, -0.2) is 0 Å². The van der Waals surface area contributed by atoms with E-state index in [1.54, 1.807) is 19.2 Å². The van der Waals surface area contributed by atoms with Gasteiger partial charge in [-0.1, -0.05) is 0 Å². The van der Waals surface area contributed by atoms with Crippen LogP contribution in [0.3, 0.4) is 0 Å². The molecular weight excluding hydrogens is 184 g/mol. The number of aromatic nitrogens is 1. The molecule has 1 aromatic heterocycles. The van der Waals surface area contributed by atoms with Crippen LogP contribution in [0.5, 0.6) is 0 Å². The van der Waals surface area contributed by atoms with E-state index in [-0.39, 0.29) is 0 Å². The molecule has 1 rings (SSSR count). The smallest absolute Gasteiger partial charge is 0.312 e. The van der Waals surface area contributed by atoms with Crippen LogP contribution in [0.15, 0.2) is 18.5 Å². The molecule has 0 saturated heterocycles. The first-order valence-corrected chi connectivity index (χ1v) is 4.02. The molecular formula is C9H10N2O3. The fourth-order valence-electron chi connectivity index (χ4n) is 0.945. The first kappa shape index (κ1) is 10.2. The van der Waals surface area contributed by atoms with Crippen molar-refractivity contribution >= 4 is 17.6 Å². The Balaban J connectivity index is 2.65. The summed E-state index contributed by atoms with van der Waals surface area (Å²) in [6.45, 7) is 1.78. The first-order valence-electron chi connectivity index (χ1n) is 4.02. The van der Waals surface area contributed by atoms with Crippen LogP contribution in [0.4, 0.5) is 5.69 Å². The van der Waals surface area contributed by atoms with Gasteiger partial charge in [-0.05, 0) is 18.6 Å². The highest BCUT2D eigenvalue weighted by Crippen LogP contribution is 2.11. The van der Waals surface area contributed by atoms with Crippen molar-refractivity contribution in [3.8, 4) is 0 Å². The number of pyridine rings is 1. The van der Waals surface area contributed by atoms with Crippen molar-refractivity contribution in [2.45, 2.75) is 13.3 Å². The van der Waals surface area contributed by atoms with E-state index in [2.05, 4.69) is 10.3 Å². The Morgan fingerprint density at radius 2 is 2.29 bits per heavy atom. The Morgan fingerprint density at radius 3 is 2.86 bits per heavy atom. The van der Waals surface area contributed by atoms with Gasteiger partial charge < -0.3 is 10.4 Å². The van der Waals surface area contributed by atoms with Crippen LogP contribution in [0.2, 0.25) is 0 Å². The van der Waals surface area contributed by atoms with E-state index in [0.717, 1.165) is 5.56 Å². The van der Waals surface area contributed by atoms with Gasteiger partial charge in [0, 0.05) is 18.1 Å². The van der Waals surface area contributed by atoms with E-state index < -0.39 is 18.3 Å². The van der Waals surface area contributed by atoms with Gasteiger partial charge in [0.05, 0.1) is 0 Å². The van der Waals surface area contributed by atoms with Gasteiger partial charge >= 0.3 is 5.97 Å². The number of nitrogens with zero attached hydrogens (tertiary/aromatic N) is 1. The van der Waals surface area contributed by atoms with Crippen molar-refractivity contribution in [1.82, 2.24) is 4.98 Å². The normalized spacial score (nSPS) is 9.50. The number of carboxylic acid groups (broad SMARTS) is 1. The summed E-state index contributed by atoms with van der Waals surface area (Å²) in [5.74, 6) is -1.68. The third kappa shape index (κ3) is 2.85. The topological polar surface area (TPSA) is 79.3 Å². The highest BCUT2D eigenvalue weighted by atomic mass is 16.4. The number of amides is 1. The molecule has 0 spiro atoms. The highest BCUT2D eigenvalue weighted by Gasteiger charge is 2.08. The Morgan fingerprint density at radius 1 is 1.57 bits per heavy atom. The van der Waals surface area contributed by atoms with Gasteiger partial charge in [-0.2, -0.15) is 0 Å². The van der Waals surface area contributed by atoms with E-state index in [4.69, 9.17) is 5.11 Å². The zero-order valence-electron chi connectivity index (χ0n) is 7.65. The van der Waals surface area contributed by atoms with Crippen LogP contribution < -0.4 is 5.32 Å². The number of aryl methyl sites for hydroxylation is 1. The predicted molar refractivity (Wildman–Crippen MR) is 49.9 cm³/mol. The molecule has 0 radical (unpaired) electrons. The van der Waals surface area contributed by atoms with Gasteiger partial charge in [0.2, 0.25) is 5.91 Å². The third-order valence-electron chi connectivity index (χ3n) is 1.61. The molecule has 0 aromatic carbocycles. The predicted octanol–water partition coefficient (Wildman–Crippen LogP) is 0.803. The van der Waals surface area contributed by atoms with Crippen LogP contribution in [-0.2, 0) is 9.59 Å². The summed E-state index contributed by atoms with van der Waals surface area (Å²) >= 11 is 0. The van der Waals surface area contributed by atoms with Gasteiger partial charge in [-0.15, -0.1) is 0 Å². The number of carbonyl (C=O) groups excluding carboxylic acids is 1. The molecule has 5 nitrogen and oxygen atoms in total. The van der Waals surface area contributed by atoms with E-state index >= 15 is 0 Å². The SMILES string of the molecule is Cc1cnccc1NC(=O)CC(=O)O. The van der Waals surface area contributed by atoms with Crippen molar-refractivity contribution in [2.24, 2.45) is 0 Å². The van der Waals surface area contributed by atoms with E-state index in [1.807, 2.05) is 0 Å². The lowest BCUT2D eigenvalue weighted by molar-refractivity contribution is -0.139. The summed E-state index contributed by atoms with van der Waals surface area (Å²) in [4.78, 5) is 25.1. The number of hydrogen-bond donors (Lipinski definition) is 2. The zero-order valence-corrected chi connectivity index (χ0v) is 7.65. The first-order chi connectivity index (χ1) is 6.59. The molecule has 0 aliphatic rings. The second-order valence-corrected chi connectivity index (χ2v) is 2.81. The number of anilines is 1. The molecule has 0 bridgehead atoms. The summed E-state index contributed by atoms with van der Waals surface area (Å²) in [5.41, 5.74) is 1.39. The maximum Gasteiger partial charge on any atom is 0.312 e. The van der Waals surface area contributed by atoms with Gasteiger partial charge in [0.1, 0.15) is 6.42 Å². The monoisotopic (exact) mass is 194 g/mol. The summed E-state index contributed by atoms with van der Waals surface area (Å²) in [6, 6.07) is 1.62. The average Bonchev–Trinajstić information content (AvgIpc) is 2.07. The van der Waals surface area contributed by atoms with Crippen molar-refractivity contribution in [1.29, 1.82) is 0 Å². The minimum atomic E-state index is -1.14. The Bertz CT molecular complexity index is 363. The minimum absolute atomic E-state index is 0.526. The van der Waals surface area contributed by atoms with E-state index in [9.17, 15) is 9.59 Å². The van der Waals surface area contributed by atoms with Crippen molar-refractivity contribution in [3.05, 3.63) is 24.0 Å². The molecule has 0 atom stereocenters.